The van der Waals surface area contributed by atoms with E-state index in [1.165, 1.54) is 22.9 Å². The molecule has 11 heteroatoms. The zero-order valence-electron chi connectivity index (χ0n) is 14.9. The van der Waals surface area contributed by atoms with Gasteiger partial charge in [-0.25, -0.2) is 13.2 Å². The monoisotopic (exact) mass is 425 g/mol. The summed E-state index contributed by atoms with van der Waals surface area (Å²) in [7, 11) is -2.45. The zero-order valence-corrected chi connectivity index (χ0v) is 17.3. The molecule has 26 heavy (non-hydrogen) atoms. The summed E-state index contributed by atoms with van der Waals surface area (Å²) in [6.07, 6.45) is 0. The van der Waals surface area contributed by atoms with E-state index in [0.29, 0.717) is 13.1 Å². The highest BCUT2D eigenvalue weighted by atomic mass is 35.5. The number of rotatable bonds is 5. The number of esters is 1. The highest BCUT2D eigenvalue weighted by Gasteiger charge is 2.33. The molecule has 0 aliphatic carbocycles. The van der Waals surface area contributed by atoms with Crippen LogP contribution in [0.4, 0.5) is 0 Å². The van der Waals surface area contributed by atoms with Crippen LogP contribution in [0.1, 0.15) is 24.2 Å². The lowest BCUT2D eigenvalue weighted by atomic mass is 10.0. The number of piperazine rings is 1. The summed E-state index contributed by atoms with van der Waals surface area (Å²) in [4.78, 5) is 25.3. The maximum Gasteiger partial charge on any atom is 0.338 e. The first-order chi connectivity index (χ1) is 11.7. The van der Waals surface area contributed by atoms with Crippen LogP contribution in [0.5, 0.6) is 0 Å². The number of nitrogens with two attached hydrogens (primary N) is 1. The van der Waals surface area contributed by atoms with Crippen LogP contribution < -0.4 is 5.73 Å². The Morgan fingerprint density at radius 1 is 1.23 bits per heavy atom. The second-order valence-corrected chi connectivity index (χ2v) is 9.22. The molecule has 2 rings (SSSR count). The minimum absolute atomic E-state index is 0. The quantitative estimate of drug-likeness (QED) is 0.698. The Labute approximate surface area is 163 Å². The Bertz CT molecular complexity index is 742. The average molecular weight is 426 g/mol. The third-order valence-corrected chi connectivity index (χ3v) is 7.46. The summed E-state index contributed by atoms with van der Waals surface area (Å²) in [5, 5.41) is 1.46. The number of carbonyl (C=O) groups excluding carboxylic acids is 2. The van der Waals surface area contributed by atoms with Crippen LogP contribution in [0.15, 0.2) is 15.7 Å². The van der Waals surface area contributed by atoms with E-state index in [1.54, 1.807) is 4.90 Å². The van der Waals surface area contributed by atoms with Crippen LogP contribution >= 0.6 is 23.7 Å². The second kappa shape index (κ2) is 9.14. The minimum Gasteiger partial charge on any atom is -0.465 e. The fourth-order valence-corrected chi connectivity index (χ4v) is 5.17. The standard InChI is InChI=1S/C15H23N3O5S2.ClH/c1-10(2)13(16)14(19)17-4-6-18(7-5-17)25(21,22)12-8-11(9-24-12)15(20)23-3;/h8-10,13H,4-7,16H2,1-3H3;1H/t13-;/m0./s1. The normalized spacial score (nSPS) is 16.9. The van der Waals surface area contributed by atoms with Crippen molar-refractivity contribution in [3.8, 4) is 0 Å². The molecule has 0 saturated carbocycles. The van der Waals surface area contributed by atoms with Crippen molar-refractivity contribution in [3.05, 3.63) is 17.0 Å². The van der Waals surface area contributed by atoms with Crippen molar-refractivity contribution in [3.63, 3.8) is 0 Å². The van der Waals surface area contributed by atoms with Gasteiger partial charge in [0, 0.05) is 31.6 Å². The van der Waals surface area contributed by atoms with Crippen LogP contribution in [-0.4, -0.2) is 68.8 Å². The van der Waals surface area contributed by atoms with Crippen molar-refractivity contribution < 1.29 is 22.7 Å². The number of hydrogen-bond donors (Lipinski definition) is 1. The van der Waals surface area contributed by atoms with Crippen molar-refractivity contribution in [2.75, 3.05) is 33.3 Å². The van der Waals surface area contributed by atoms with Gasteiger partial charge in [-0.05, 0) is 12.0 Å². The molecule has 0 bridgehead atoms. The number of sulfonamides is 1. The average Bonchev–Trinajstić information content (AvgIpc) is 3.10. The molecule has 0 aromatic carbocycles. The van der Waals surface area contributed by atoms with Crippen molar-refractivity contribution >= 4 is 45.6 Å². The highest BCUT2D eigenvalue weighted by Crippen LogP contribution is 2.25. The van der Waals surface area contributed by atoms with Gasteiger partial charge < -0.3 is 15.4 Å². The van der Waals surface area contributed by atoms with E-state index in [1.807, 2.05) is 13.8 Å². The van der Waals surface area contributed by atoms with Crippen LogP contribution in [0.2, 0.25) is 0 Å². The highest BCUT2D eigenvalue weighted by molar-refractivity contribution is 7.91. The Morgan fingerprint density at radius 2 is 1.81 bits per heavy atom. The molecule has 148 valence electrons. The fraction of sp³-hybridized carbons (Fsp3) is 0.600. The molecule has 0 spiro atoms. The van der Waals surface area contributed by atoms with Crippen LogP contribution in [0.25, 0.3) is 0 Å². The number of methoxy groups -OCH3 is 1. The summed E-state index contributed by atoms with van der Waals surface area (Å²) in [6.45, 7) is 4.74. The Hall–Kier alpha value is -1.20. The third-order valence-electron chi connectivity index (χ3n) is 4.14. The molecule has 8 nitrogen and oxygen atoms in total. The number of thiophene rings is 1. The molecule has 2 heterocycles. The molecule has 1 aliphatic rings. The van der Waals surface area contributed by atoms with Gasteiger partial charge in [-0.15, -0.1) is 23.7 Å². The number of hydrogen-bond acceptors (Lipinski definition) is 7. The summed E-state index contributed by atoms with van der Waals surface area (Å²) >= 11 is 0.979. The van der Waals surface area contributed by atoms with Gasteiger partial charge in [0.25, 0.3) is 10.0 Å². The first kappa shape index (κ1) is 22.8. The number of ether oxygens (including phenoxy) is 1. The van der Waals surface area contributed by atoms with Gasteiger partial charge in [0.15, 0.2) is 0 Å². The number of halogens is 1. The lowest BCUT2D eigenvalue weighted by Gasteiger charge is -2.35. The molecule has 1 amide bonds. The maximum atomic E-state index is 12.7. The maximum absolute atomic E-state index is 12.7. The number of carbonyl (C=O) groups is 2. The molecule has 1 aliphatic heterocycles. The van der Waals surface area contributed by atoms with Gasteiger partial charge >= 0.3 is 5.97 Å². The molecule has 2 N–H and O–H groups in total. The predicted octanol–water partition coefficient (Wildman–Crippen LogP) is 0.773. The number of nitrogens with zero attached hydrogens (tertiary/aromatic N) is 2. The van der Waals surface area contributed by atoms with E-state index in [9.17, 15) is 18.0 Å². The zero-order chi connectivity index (χ0) is 18.8. The Kier molecular flexibility index (Phi) is 8.03. The SMILES string of the molecule is COC(=O)c1csc(S(=O)(=O)N2CCN(C(=O)[C@@H](N)C(C)C)CC2)c1.Cl. The molecule has 0 radical (unpaired) electrons. The van der Waals surface area contributed by atoms with Gasteiger partial charge in [-0.2, -0.15) is 4.31 Å². The van der Waals surface area contributed by atoms with E-state index in [4.69, 9.17) is 5.73 Å². The smallest absolute Gasteiger partial charge is 0.338 e. The predicted molar refractivity (Wildman–Crippen MR) is 101 cm³/mol. The van der Waals surface area contributed by atoms with Gasteiger partial charge in [-0.3, -0.25) is 4.79 Å². The Balaban J connectivity index is 0.00000338. The molecule has 0 unspecified atom stereocenters. The molecular formula is C15H24ClN3O5S2. The topological polar surface area (TPSA) is 110 Å². The van der Waals surface area contributed by atoms with E-state index < -0.39 is 22.0 Å². The molecule has 1 fully saturated rings. The van der Waals surface area contributed by atoms with Gasteiger partial charge in [0.05, 0.1) is 18.7 Å². The van der Waals surface area contributed by atoms with E-state index in [2.05, 4.69) is 4.74 Å². The first-order valence-corrected chi connectivity index (χ1v) is 10.2. The molecule has 1 aromatic heterocycles. The van der Waals surface area contributed by atoms with Crippen LogP contribution in [-0.2, 0) is 19.6 Å². The largest absolute Gasteiger partial charge is 0.465 e. The Morgan fingerprint density at radius 3 is 2.31 bits per heavy atom. The van der Waals surface area contributed by atoms with E-state index in [-0.39, 0.29) is 47.1 Å². The molecule has 1 saturated heterocycles. The third kappa shape index (κ3) is 4.74. The lowest BCUT2D eigenvalue weighted by molar-refractivity contribution is -0.134. The van der Waals surface area contributed by atoms with Gasteiger partial charge in [0.1, 0.15) is 4.21 Å². The van der Waals surface area contributed by atoms with E-state index >= 15 is 0 Å². The van der Waals surface area contributed by atoms with Crippen molar-refractivity contribution in [1.29, 1.82) is 0 Å². The van der Waals surface area contributed by atoms with Crippen molar-refractivity contribution in [1.82, 2.24) is 9.21 Å². The van der Waals surface area contributed by atoms with Crippen molar-refractivity contribution in [2.45, 2.75) is 24.1 Å². The number of amides is 1. The first-order valence-electron chi connectivity index (χ1n) is 7.90. The summed E-state index contributed by atoms with van der Waals surface area (Å²) in [5.41, 5.74) is 6.09. The van der Waals surface area contributed by atoms with Crippen LogP contribution in [0, 0.1) is 5.92 Å². The summed E-state index contributed by atoms with van der Waals surface area (Å²) < 4.78 is 31.4. The molecular weight excluding hydrogens is 402 g/mol. The fourth-order valence-electron chi connectivity index (χ4n) is 2.45. The van der Waals surface area contributed by atoms with Crippen molar-refractivity contribution in [2.24, 2.45) is 11.7 Å². The van der Waals surface area contributed by atoms with Crippen LogP contribution in [0.3, 0.4) is 0 Å². The molecule has 1 atom stereocenters. The summed E-state index contributed by atoms with van der Waals surface area (Å²) in [5.74, 6) is -0.705. The lowest BCUT2D eigenvalue weighted by Crippen LogP contribution is -2.55. The second-order valence-electron chi connectivity index (χ2n) is 6.15. The minimum atomic E-state index is -3.69. The summed E-state index contributed by atoms with van der Waals surface area (Å²) in [6, 6.07) is 0.737. The van der Waals surface area contributed by atoms with Gasteiger partial charge in [-0.1, -0.05) is 13.8 Å². The van der Waals surface area contributed by atoms with E-state index in [0.717, 1.165) is 11.3 Å². The molecule has 1 aromatic rings. The van der Waals surface area contributed by atoms with Gasteiger partial charge in [0.2, 0.25) is 5.91 Å².